The zero-order chi connectivity index (χ0) is 15.1. The Morgan fingerprint density at radius 3 is 2.60 bits per heavy atom. The summed E-state index contributed by atoms with van der Waals surface area (Å²) in [4.78, 5) is 22.4. The van der Waals surface area contributed by atoms with Crippen molar-refractivity contribution in [1.82, 2.24) is 5.32 Å². The van der Waals surface area contributed by atoms with Crippen LogP contribution in [0.3, 0.4) is 0 Å². The molecule has 0 aliphatic carbocycles. The molecule has 2 N–H and O–H groups in total. The van der Waals surface area contributed by atoms with Gasteiger partial charge in [0, 0.05) is 6.54 Å². The number of carboxylic acids is 1. The highest BCUT2D eigenvalue weighted by Gasteiger charge is 2.14. The zero-order valence-electron chi connectivity index (χ0n) is 12.1. The number of aliphatic carboxylic acids is 1. The molecule has 1 aromatic carbocycles. The summed E-state index contributed by atoms with van der Waals surface area (Å²) in [6, 6.07) is 6.77. The van der Waals surface area contributed by atoms with Crippen LogP contribution < -0.4 is 10.1 Å². The molecule has 0 bridgehead atoms. The Balaban J connectivity index is 2.58. The Labute approximate surface area is 118 Å². The first-order valence-corrected chi connectivity index (χ1v) is 6.63. The monoisotopic (exact) mass is 279 g/mol. The van der Waals surface area contributed by atoms with E-state index in [4.69, 9.17) is 9.84 Å². The number of ether oxygens (including phenoxy) is 1. The highest BCUT2D eigenvalue weighted by Crippen LogP contribution is 2.15. The van der Waals surface area contributed by atoms with E-state index in [0.717, 1.165) is 0 Å². The molecule has 0 aliphatic rings. The number of hydrogen-bond donors (Lipinski definition) is 2. The maximum Gasteiger partial charge on any atom is 0.307 e. The molecule has 0 heterocycles. The van der Waals surface area contributed by atoms with Crippen molar-refractivity contribution in [2.24, 2.45) is 5.92 Å². The van der Waals surface area contributed by atoms with Gasteiger partial charge in [-0.05, 0) is 30.5 Å². The van der Waals surface area contributed by atoms with Gasteiger partial charge in [0.05, 0.1) is 6.42 Å². The van der Waals surface area contributed by atoms with Crippen LogP contribution in [0.1, 0.15) is 26.3 Å². The fourth-order valence-electron chi connectivity index (χ4n) is 1.61. The molecular weight excluding hydrogens is 258 g/mol. The minimum Gasteiger partial charge on any atom is -0.481 e. The lowest BCUT2D eigenvalue weighted by Gasteiger charge is -2.16. The average molecular weight is 279 g/mol. The van der Waals surface area contributed by atoms with Crippen molar-refractivity contribution >= 4 is 11.9 Å². The summed E-state index contributed by atoms with van der Waals surface area (Å²) >= 11 is 0. The number of hydrogen-bond acceptors (Lipinski definition) is 3. The summed E-state index contributed by atoms with van der Waals surface area (Å²) in [5.74, 6) is -0.201. The Bertz CT molecular complexity index is 471. The van der Waals surface area contributed by atoms with E-state index < -0.39 is 12.1 Å². The van der Waals surface area contributed by atoms with Gasteiger partial charge in [-0.3, -0.25) is 9.59 Å². The van der Waals surface area contributed by atoms with E-state index in [1.807, 2.05) is 13.8 Å². The van der Waals surface area contributed by atoms with E-state index in [1.54, 1.807) is 31.2 Å². The molecule has 0 aliphatic heterocycles. The lowest BCUT2D eigenvalue weighted by molar-refractivity contribution is -0.136. The summed E-state index contributed by atoms with van der Waals surface area (Å²) in [6.45, 7) is 6.30. The first kappa shape index (κ1) is 16.0. The number of carbonyl (C=O) groups excluding carboxylic acids is 1. The predicted octanol–water partition coefficient (Wildman–Crippen LogP) is 1.85. The predicted molar refractivity (Wildman–Crippen MR) is 75.7 cm³/mol. The molecule has 0 aromatic heterocycles. The lowest BCUT2D eigenvalue weighted by Crippen LogP contribution is -2.38. The van der Waals surface area contributed by atoms with E-state index >= 15 is 0 Å². The van der Waals surface area contributed by atoms with Gasteiger partial charge in [-0.1, -0.05) is 26.0 Å². The van der Waals surface area contributed by atoms with Gasteiger partial charge >= 0.3 is 5.97 Å². The minimum atomic E-state index is -0.898. The number of amides is 1. The van der Waals surface area contributed by atoms with Gasteiger partial charge in [-0.2, -0.15) is 0 Å². The zero-order valence-corrected chi connectivity index (χ0v) is 12.1. The van der Waals surface area contributed by atoms with Crippen molar-refractivity contribution in [3.63, 3.8) is 0 Å². The van der Waals surface area contributed by atoms with E-state index in [0.29, 0.717) is 23.8 Å². The summed E-state index contributed by atoms with van der Waals surface area (Å²) in [6.07, 6.45) is -0.681. The van der Waals surface area contributed by atoms with Crippen molar-refractivity contribution in [2.45, 2.75) is 33.3 Å². The fraction of sp³-hybridized carbons (Fsp3) is 0.467. The Hall–Kier alpha value is -2.04. The van der Waals surface area contributed by atoms with E-state index in [2.05, 4.69) is 5.32 Å². The van der Waals surface area contributed by atoms with Gasteiger partial charge in [-0.15, -0.1) is 0 Å². The topological polar surface area (TPSA) is 75.6 Å². The molecule has 1 atom stereocenters. The molecule has 5 nitrogen and oxygen atoms in total. The van der Waals surface area contributed by atoms with E-state index in [9.17, 15) is 9.59 Å². The Morgan fingerprint density at radius 1 is 1.30 bits per heavy atom. The number of nitrogens with one attached hydrogen (secondary N) is 1. The largest absolute Gasteiger partial charge is 0.481 e. The molecular formula is C15H21NO4. The van der Waals surface area contributed by atoms with Gasteiger partial charge in [0.15, 0.2) is 6.10 Å². The second-order valence-electron chi connectivity index (χ2n) is 5.12. The Morgan fingerprint density at radius 2 is 2.00 bits per heavy atom. The minimum absolute atomic E-state index is 0.0644. The molecule has 1 rings (SSSR count). The highest BCUT2D eigenvalue weighted by atomic mass is 16.5. The molecule has 5 heteroatoms. The van der Waals surface area contributed by atoms with Gasteiger partial charge < -0.3 is 15.2 Å². The smallest absolute Gasteiger partial charge is 0.307 e. The van der Waals surface area contributed by atoms with Crippen LogP contribution in [0.15, 0.2) is 24.3 Å². The quantitative estimate of drug-likeness (QED) is 0.798. The highest BCUT2D eigenvalue weighted by molar-refractivity contribution is 5.80. The number of benzene rings is 1. The van der Waals surface area contributed by atoms with Crippen LogP contribution in [0.5, 0.6) is 5.75 Å². The summed E-state index contributed by atoms with van der Waals surface area (Å²) in [5.41, 5.74) is 0.643. The normalized spacial score (nSPS) is 12.0. The molecule has 20 heavy (non-hydrogen) atoms. The summed E-state index contributed by atoms with van der Waals surface area (Å²) in [5, 5.41) is 11.5. The third kappa shape index (κ3) is 5.73. The van der Waals surface area contributed by atoms with Crippen LogP contribution >= 0.6 is 0 Å². The van der Waals surface area contributed by atoms with Crippen molar-refractivity contribution in [2.75, 3.05) is 6.54 Å². The van der Waals surface area contributed by atoms with E-state index in [-0.39, 0.29) is 12.3 Å². The molecule has 1 aromatic rings. The van der Waals surface area contributed by atoms with Crippen LogP contribution in [0, 0.1) is 5.92 Å². The number of carbonyl (C=O) groups is 2. The van der Waals surface area contributed by atoms with Crippen LogP contribution in [0.25, 0.3) is 0 Å². The molecule has 0 spiro atoms. The molecule has 1 amide bonds. The summed E-state index contributed by atoms with van der Waals surface area (Å²) < 4.78 is 5.53. The van der Waals surface area contributed by atoms with Crippen molar-refractivity contribution in [3.8, 4) is 5.75 Å². The standard InChI is InChI=1S/C15H21NO4/c1-10(2)9-16-15(19)11(3)20-13-6-4-5-12(7-13)8-14(17)18/h4-7,10-11H,8-9H2,1-3H3,(H,16,19)(H,17,18). The van der Waals surface area contributed by atoms with Gasteiger partial charge in [0.25, 0.3) is 5.91 Å². The number of carboxylic acid groups (broad SMARTS) is 1. The first-order valence-electron chi connectivity index (χ1n) is 6.63. The molecule has 110 valence electrons. The average Bonchev–Trinajstić information content (AvgIpc) is 2.35. The first-order chi connectivity index (χ1) is 9.38. The third-order valence-corrected chi connectivity index (χ3v) is 2.62. The maximum absolute atomic E-state index is 11.8. The Kier molecular flexibility index (Phi) is 6.03. The van der Waals surface area contributed by atoms with Crippen molar-refractivity contribution in [3.05, 3.63) is 29.8 Å². The van der Waals surface area contributed by atoms with Crippen LogP contribution in [-0.2, 0) is 16.0 Å². The second kappa shape index (κ2) is 7.53. The number of rotatable bonds is 7. The maximum atomic E-state index is 11.8. The molecule has 0 saturated heterocycles. The SMILES string of the molecule is CC(C)CNC(=O)C(C)Oc1cccc(CC(=O)O)c1. The second-order valence-corrected chi connectivity index (χ2v) is 5.12. The molecule has 0 fully saturated rings. The molecule has 1 unspecified atom stereocenters. The van der Waals surface area contributed by atoms with Gasteiger partial charge in [0.1, 0.15) is 5.75 Å². The van der Waals surface area contributed by atoms with Gasteiger partial charge in [0.2, 0.25) is 0 Å². The molecule has 0 saturated carbocycles. The van der Waals surface area contributed by atoms with Crippen LogP contribution in [0.4, 0.5) is 0 Å². The lowest BCUT2D eigenvalue weighted by atomic mass is 10.1. The van der Waals surface area contributed by atoms with Crippen LogP contribution in [0.2, 0.25) is 0 Å². The fourth-order valence-corrected chi connectivity index (χ4v) is 1.61. The molecule has 0 radical (unpaired) electrons. The van der Waals surface area contributed by atoms with Crippen LogP contribution in [-0.4, -0.2) is 29.6 Å². The van der Waals surface area contributed by atoms with Crippen molar-refractivity contribution < 1.29 is 19.4 Å². The van der Waals surface area contributed by atoms with Gasteiger partial charge in [-0.25, -0.2) is 0 Å². The third-order valence-electron chi connectivity index (χ3n) is 2.62. The van der Waals surface area contributed by atoms with Crippen molar-refractivity contribution in [1.29, 1.82) is 0 Å². The van der Waals surface area contributed by atoms with E-state index in [1.165, 1.54) is 0 Å². The summed E-state index contributed by atoms with van der Waals surface area (Å²) in [7, 11) is 0.